The summed E-state index contributed by atoms with van der Waals surface area (Å²) in [5.41, 5.74) is 4.72. The molecule has 0 aromatic heterocycles. The number of hydrogen-bond donors (Lipinski definition) is 1. The maximum atomic E-state index is 13.3. The molecular formula is C33H31FN4O3. The van der Waals surface area contributed by atoms with Gasteiger partial charge in [-0.3, -0.25) is 9.69 Å². The van der Waals surface area contributed by atoms with Crippen LogP contribution >= 0.6 is 0 Å². The molecule has 1 fully saturated rings. The van der Waals surface area contributed by atoms with Gasteiger partial charge in [-0.15, -0.1) is 0 Å². The lowest BCUT2D eigenvalue weighted by Gasteiger charge is -2.36. The first-order valence-electron chi connectivity index (χ1n) is 13.4. The van der Waals surface area contributed by atoms with Crippen LogP contribution in [0.15, 0.2) is 91.0 Å². The number of carbonyl (C=O) groups is 1. The fraction of sp³-hybridized carbons (Fsp3) is 0.212. The predicted molar refractivity (Wildman–Crippen MR) is 157 cm³/mol. The van der Waals surface area contributed by atoms with Gasteiger partial charge in [-0.1, -0.05) is 30.3 Å². The molecule has 8 heteroatoms. The standard InChI is InChI=1S/C33H31FN4O3/c1-40-31-7-3-6-30(32(31)41-23-24-8-10-27(34)11-9-24)33(39)36-28-12-14-29(15-13-28)38-18-16-37(17-19-38)22-26-5-2-4-25(20-26)21-35/h2-15,20H,16-19,22-23H2,1H3,(H,36,39). The predicted octanol–water partition coefficient (Wildman–Crippen LogP) is 5.86. The van der Waals surface area contributed by atoms with E-state index in [1.807, 2.05) is 42.5 Å². The van der Waals surface area contributed by atoms with Crippen molar-refractivity contribution < 1.29 is 18.7 Å². The Morgan fingerprint density at radius 1 is 0.927 bits per heavy atom. The monoisotopic (exact) mass is 550 g/mol. The smallest absolute Gasteiger partial charge is 0.259 e. The van der Waals surface area contributed by atoms with Crippen LogP contribution < -0.4 is 19.7 Å². The number of ether oxygens (including phenoxy) is 2. The molecule has 4 aromatic carbocycles. The van der Waals surface area contributed by atoms with Crippen LogP contribution in [0, 0.1) is 17.1 Å². The molecule has 0 unspecified atom stereocenters. The van der Waals surface area contributed by atoms with Gasteiger partial charge in [-0.2, -0.15) is 5.26 Å². The van der Waals surface area contributed by atoms with Crippen LogP contribution in [0.2, 0.25) is 0 Å². The van der Waals surface area contributed by atoms with Crippen molar-refractivity contribution in [1.29, 1.82) is 5.26 Å². The normalized spacial score (nSPS) is 13.3. The third-order valence-corrected chi connectivity index (χ3v) is 7.06. The molecule has 0 bridgehead atoms. The first kappa shape index (κ1) is 27.7. The number of nitriles is 1. The largest absolute Gasteiger partial charge is 0.493 e. The summed E-state index contributed by atoms with van der Waals surface area (Å²) in [5.74, 6) is 0.121. The van der Waals surface area contributed by atoms with Crippen molar-refractivity contribution in [2.75, 3.05) is 43.5 Å². The summed E-state index contributed by atoms with van der Waals surface area (Å²) in [6.45, 7) is 4.62. The highest BCUT2D eigenvalue weighted by atomic mass is 19.1. The summed E-state index contributed by atoms with van der Waals surface area (Å²) in [6, 6.07) is 29.0. The first-order valence-corrected chi connectivity index (χ1v) is 13.4. The van der Waals surface area contributed by atoms with Crippen molar-refractivity contribution in [2.45, 2.75) is 13.2 Å². The maximum absolute atomic E-state index is 13.3. The number of piperazine rings is 1. The second-order valence-electron chi connectivity index (χ2n) is 9.83. The van der Waals surface area contributed by atoms with Crippen LogP contribution in [-0.2, 0) is 13.2 Å². The number of nitrogens with one attached hydrogen (secondary N) is 1. The minimum absolute atomic E-state index is 0.162. The Hall–Kier alpha value is -4.87. The molecule has 7 nitrogen and oxygen atoms in total. The third-order valence-electron chi connectivity index (χ3n) is 7.06. The van der Waals surface area contributed by atoms with Crippen LogP contribution in [0.4, 0.5) is 15.8 Å². The molecule has 5 rings (SSSR count). The van der Waals surface area contributed by atoms with Gasteiger partial charge in [0.15, 0.2) is 11.5 Å². The number of benzene rings is 4. The van der Waals surface area contributed by atoms with E-state index in [9.17, 15) is 9.18 Å². The average Bonchev–Trinajstić information content (AvgIpc) is 3.01. The molecule has 1 saturated heterocycles. The van der Waals surface area contributed by atoms with Crippen molar-refractivity contribution in [3.8, 4) is 17.6 Å². The van der Waals surface area contributed by atoms with Gasteiger partial charge in [0.05, 0.1) is 24.3 Å². The number of rotatable bonds is 9. The van der Waals surface area contributed by atoms with E-state index < -0.39 is 0 Å². The second kappa shape index (κ2) is 13.0. The van der Waals surface area contributed by atoms with Crippen molar-refractivity contribution in [3.05, 3.63) is 119 Å². The van der Waals surface area contributed by atoms with Gasteiger partial charge >= 0.3 is 0 Å². The van der Waals surface area contributed by atoms with Crippen molar-refractivity contribution in [2.24, 2.45) is 0 Å². The summed E-state index contributed by atoms with van der Waals surface area (Å²) in [6.07, 6.45) is 0. The average molecular weight is 551 g/mol. The number of nitrogens with zero attached hydrogens (tertiary/aromatic N) is 3. The molecule has 4 aromatic rings. The zero-order chi connectivity index (χ0) is 28.6. The summed E-state index contributed by atoms with van der Waals surface area (Å²) in [5, 5.41) is 12.1. The lowest BCUT2D eigenvalue weighted by Crippen LogP contribution is -2.45. The van der Waals surface area contributed by atoms with Crippen molar-refractivity contribution in [1.82, 2.24) is 4.90 Å². The number of carbonyl (C=O) groups excluding carboxylic acids is 1. The van der Waals surface area contributed by atoms with Crippen LogP contribution in [0.25, 0.3) is 0 Å². The summed E-state index contributed by atoms with van der Waals surface area (Å²) >= 11 is 0. The Kier molecular flexibility index (Phi) is 8.77. The topological polar surface area (TPSA) is 77.8 Å². The highest BCUT2D eigenvalue weighted by Crippen LogP contribution is 2.32. The van der Waals surface area contributed by atoms with E-state index in [1.54, 1.807) is 30.3 Å². The Labute approximate surface area is 239 Å². The van der Waals surface area contributed by atoms with Gasteiger partial charge < -0.3 is 19.7 Å². The lowest BCUT2D eigenvalue weighted by molar-refractivity contribution is 0.102. The molecule has 1 aliphatic heterocycles. The molecule has 1 N–H and O–H groups in total. The molecule has 0 atom stereocenters. The van der Waals surface area contributed by atoms with Crippen molar-refractivity contribution >= 4 is 17.3 Å². The Morgan fingerprint density at radius 3 is 2.37 bits per heavy atom. The van der Waals surface area contributed by atoms with Crippen LogP contribution in [0.1, 0.15) is 27.0 Å². The molecule has 1 aliphatic rings. The summed E-state index contributed by atoms with van der Waals surface area (Å²) < 4.78 is 24.7. The zero-order valence-corrected chi connectivity index (χ0v) is 22.8. The van der Waals surface area contributed by atoms with E-state index in [0.717, 1.165) is 49.5 Å². The molecule has 0 aliphatic carbocycles. The van der Waals surface area contributed by atoms with Crippen molar-refractivity contribution in [3.63, 3.8) is 0 Å². The highest BCUT2D eigenvalue weighted by Gasteiger charge is 2.20. The number of methoxy groups -OCH3 is 1. The van der Waals surface area contributed by atoms with Crippen LogP contribution in [-0.4, -0.2) is 44.1 Å². The summed E-state index contributed by atoms with van der Waals surface area (Å²) in [4.78, 5) is 18.0. The molecule has 1 amide bonds. The quantitative estimate of drug-likeness (QED) is 0.281. The van der Waals surface area contributed by atoms with Gasteiger partial charge in [0.2, 0.25) is 0 Å². The van der Waals surface area contributed by atoms with Gasteiger partial charge in [0.25, 0.3) is 5.91 Å². The zero-order valence-electron chi connectivity index (χ0n) is 22.8. The minimum atomic E-state index is -0.321. The molecule has 41 heavy (non-hydrogen) atoms. The number of anilines is 2. The van der Waals surface area contributed by atoms with E-state index in [-0.39, 0.29) is 18.3 Å². The molecule has 0 spiro atoms. The molecule has 0 saturated carbocycles. The maximum Gasteiger partial charge on any atom is 0.259 e. The van der Waals surface area contributed by atoms with Gasteiger partial charge in [0, 0.05) is 44.1 Å². The number of halogens is 1. The van der Waals surface area contributed by atoms with E-state index >= 15 is 0 Å². The van der Waals surface area contributed by atoms with Crippen LogP contribution in [0.5, 0.6) is 11.5 Å². The molecular weight excluding hydrogens is 519 g/mol. The second-order valence-corrected chi connectivity index (χ2v) is 9.83. The van der Waals surface area contributed by atoms with E-state index in [4.69, 9.17) is 14.7 Å². The Bertz CT molecular complexity index is 1530. The lowest BCUT2D eigenvalue weighted by atomic mass is 10.1. The Morgan fingerprint density at radius 2 is 1.66 bits per heavy atom. The Balaban J connectivity index is 1.19. The molecule has 0 radical (unpaired) electrons. The van der Waals surface area contributed by atoms with Crippen LogP contribution in [0.3, 0.4) is 0 Å². The van der Waals surface area contributed by atoms with Gasteiger partial charge in [-0.25, -0.2) is 4.39 Å². The molecule has 1 heterocycles. The van der Waals surface area contributed by atoms with Gasteiger partial charge in [0.1, 0.15) is 12.4 Å². The third kappa shape index (κ3) is 7.02. The van der Waals surface area contributed by atoms with E-state index in [1.165, 1.54) is 19.2 Å². The highest BCUT2D eigenvalue weighted by molar-refractivity contribution is 6.06. The van der Waals surface area contributed by atoms with E-state index in [2.05, 4.69) is 27.3 Å². The fourth-order valence-corrected chi connectivity index (χ4v) is 4.86. The molecule has 208 valence electrons. The van der Waals surface area contributed by atoms with Gasteiger partial charge in [-0.05, 0) is 71.8 Å². The number of amides is 1. The minimum Gasteiger partial charge on any atom is -0.493 e. The van der Waals surface area contributed by atoms with E-state index in [0.29, 0.717) is 28.3 Å². The SMILES string of the molecule is COc1cccc(C(=O)Nc2ccc(N3CCN(Cc4cccc(C#N)c4)CC3)cc2)c1OCc1ccc(F)cc1. The number of para-hydroxylation sites is 1. The first-order chi connectivity index (χ1) is 20.0. The summed E-state index contributed by atoms with van der Waals surface area (Å²) in [7, 11) is 1.52. The number of hydrogen-bond acceptors (Lipinski definition) is 6. The fourth-order valence-electron chi connectivity index (χ4n) is 4.86.